The number of aryl methyl sites for hydroxylation is 1. The van der Waals surface area contributed by atoms with E-state index in [1.54, 1.807) is 11.1 Å². The average molecular weight is 294 g/mol. The van der Waals surface area contributed by atoms with Crippen LogP contribution in [0.2, 0.25) is 0 Å². The molecular formula is C20H39N. The van der Waals surface area contributed by atoms with Crippen LogP contribution in [0.5, 0.6) is 0 Å². The molecule has 0 amide bonds. The largest absolute Gasteiger partial charge is 0.299 e. The molecule has 1 aromatic rings. The highest BCUT2D eigenvalue weighted by molar-refractivity contribution is 5.33. The molecule has 2 rings (SSSR count). The molecule has 0 N–H and O–H groups in total. The fourth-order valence-electron chi connectivity index (χ4n) is 2.31. The molecule has 1 aliphatic rings. The van der Waals surface area contributed by atoms with Crippen LogP contribution in [0.4, 0.5) is 0 Å². The van der Waals surface area contributed by atoms with Crippen molar-refractivity contribution in [2.75, 3.05) is 13.1 Å². The topological polar surface area (TPSA) is 3.24 Å². The second-order valence-electron chi connectivity index (χ2n) is 4.65. The van der Waals surface area contributed by atoms with Crippen LogP contribution in [0.25, 0.3) is 0 Å². The minimum absolute atomic E-state index is 1.16. The first-order chi connectivity index (χ1) is 10.3. The lowest BCUT2D eigenvalue weighted by molar-refractivity contribution is 0.250. The van der Waals surface area contributed by atoms with Crippen molar-refractivity contribution >= 4 is 0 Å². The Morgan fingerprint density at radius 2 is 1.57 bits per heavy atom. The molecule has 0 atom stereocenters. The summed E-state index contributed by atoms with van der Waals surface area (Å²) in [5.41, 5.74) is 4.52. The summed E-state index contributed by atoms with van der Waals surface area (Å²) in [6, 6.07) is 6.90. The van der Waals surface area contributed by atoms with E-state index >= 15 is 0 Å². The highest BCUT2D eigenvalue weighted by Crippen LogP contribution is 2.20. The molecule has 124 valence electrons. The van der Waals surface area contributed by atoms with Gasteiger partial charge in [-0.3, -0.25) is 4.90 Å². The molecule has 1 aromatic carbocycles. The Labute approximate surface area is 134 Å². The van der Waals surface area contributed by atoms with E-state index in [9.17, 15) is 0 Å². The van der Waals surface area contributed by atoms with Crippen molar-refractivity contribution in [3.05, 3.63) is 34.9 Å². The summed E-state index contributed by atoms with van der Waals surface area (Å²) in [6.07, 6.45) is 3.87. The molecule has 0 saturated heterocycles. The van der Waals surface area contributed by atoms with Gasteiger partial charge >= 0.3 is 0 Å². The van der Waals surface area contributed by atoms with Crippen molar-refractivity contribution in [1.82, 2.24) is 4.90 Å². The maximum Gasteiger partial charge on any atom is 0.0236 e. The van der Waals surface area contributed by atoms with E-state index < -0.39 is 0 Å². The Morgan fingerprint density at radius 1 is 0.952 bits per heavy atom. The predicted octanol–water partition coefficient (Wildman–Crippen LogP) is 6.23. The van der Waals surface area contributed by atoms with E-state index in [4.69, 9.17) is 0 Å². The van der Waals surface area contributed by atoms with Crippen LogP contribution >= 0.6 is 0 Å². The fraction of sp³-hybridized carbons (Fsp3) is 0.700. The average Bonchev–Trinajstić information content (AvgIpc) is 2.58. The number of unbranched alkanes of at least 4 members (excludes halogenated alkanes) is 1. The number of fused-ring (bicyclic) bond motifs is 1. The smallest absolute Gasteiger partial charge is 0.0236 e. The third-order valence-electron chi connectivity index (χ3n) is 3.28. The van der Waals surface area contributed by atoms with Crippen LogP contribution in [0.3, 0.4) is 0 Å². The van der Waals surface area contributed by atoms with Gasteiger partial charge in [-0.2, -0.15) is 0 Å². The molecule has 1 nitrogen and oxygen atoms in total. The number of nitrogens with zero attached hydrogens (tertiary/aromatic N) is 1. The number of rotatable bonds is 3. The van der Waals surface area contributed by atoms with Gasteiger partial charge in [0.25, 0.3) is 0 Å². The Hall–Kier alpha value is -0.820. The number of hydrogen-bond acceptors (Lipinski definition) is 1. The number of hydrogen-bond donors (Lipinski definition) is 0. The Bertz CT molecular complexity index is 331. The number of benzene rings is 1. The summed E-state index contributed by atoms with van der Waals surface area (Å²) in [7, 11) is 0. The highest BCUT2D eigenvalue weighted by Gasteiger charge is 2.14. The lowest BCUT2D eigenvalue weighted by Gasteiger charge is -2.28. The molecule has 0 spiro atoms. The third kappa shape index (κ3) is 8.93. The molecule has 1 heteroatoms. The van der Waals surface area contributed by atoms with Gasteiger partial charge in [-0.05, 0) is 37.4 Å². The maximum absolute atomic E-state index is 2.58. The molecule has 0 radical (unpaired) electrons. The van der Waals surface area contributed by atoms with E-state index in [0.717, 1.165) is 6.54 Å². The SMILES string of the molecule is CC.CC.CC.CCCCN1CCc2cc(C)ccc2C1. The predicted molar refractivity (Wildman–Crippen MR) is 99.1 cm³/mol. The van der Waals surface area contributed by atoms with Crippen molar-refractivity contribution < 1.29 is 0 Å². The van der Waals surface area contributed by atoms with Gasteiger partial charge in [0.15, 0.2) is 0 Å². The lowest BCUT2D eigenvalue weighted by atomic mass is 9.97. The van der Waals surface area contributed by atoms with Crippen LogP contribution in [-0.2, 0) is 13.0 Å². The molecule has 21 heavy (non-hydrogen) atoms. The molecule has 0 aliphatic carbocycles. The normalized spacial score (nSPS) is 12.6. The van der Waals surface area contributed by atoms with Crippen molar-refractivity contribution in [3.63, 3.8) is 0 Å². The second-order valence-corrected chi connectivity index (χ2v) is 4.65. The summed E-state index contributed by atoms with van der Waals surface area (Å²) in [6.45, 7) is 20.1. The third-order valence-corrected chi connectivity index (χ3v) is 3.28. The first-order valence-corrected chi connectivity index (χ1v) is 9.10. The Kier molecular flexibility index (Phi) is 16.6. The molecule has 0 aromatic heterocycles. The fourth-order valence-corrected chi connectivity index (χ4v) is 2.31. The molecule has 0 bridgehead atoms. The van der Waals surface area contributed by atoms with Crippen molar-refractivity contribution in [1.29, 1.82) is 0 Å². The monoisotopic (exact) mass is 293 g/mol. The second kappa shape index (κ2) is 15.6. The summed E-state index contributed by atoms with van der Waals surface area (Å²) in [4.78, 5) is 2.58. The van der Waals surface area contributed by atoms with E-state index in [1.165, 1.54) is 37.9 Å². The summed E-state index contributed by atoms with van der Waals surface area (Å²) in [5.74, 6) is 0. The minimum Gasteiger partial charge on any atom is -0.299 e. The maximum atomic E-state index is 2.58. The van der Waals surface area contributed by atoms with Crippen molar-refractivity contribution in [2.24, 2.45) is 0 Å². The van der Waals surface area contributed by atoms with Gasteiger partial charge in [0, 0.05) is 13.1 Å². The minimum atomic E-state index is 1.16. The van der Waals surface area contributed by atoms with Gasteiger partial charge in [0.1, 0.15) is 0 Å². The molecule has 1 heterocycles. The zero-order valence-electron chi connectivity index (χ0n) is 15.9. The zero-order chi connectivity index (χ0) is 16.7. The lowest BCUT2D eigenvalue weighted by Crippen LogP contribution is -2.31. The highest BCUT2D eigenvalue weighted by atomic mass is 15.1. The van der Waals surface area contributed by atoms with Crippen molar-refractivity contribution in [2.45, 2.75) is 81.2 Å². The Morgan fingerprint density at radius 3 is 2.14 bits per heavy atom. The standard InChI is InChI=1S/C14H21N.3C2H6/c1-3-4-8-15-9-7-13-10-12(2)5-6-14(13)11-15;3*1-2/h5-6,10H,3-4,7-9,11H2,1-2H3;3*1-2H3. The first-order valence-electron chi connectivity index (χ1n) is 9.10. The van der Waals surface area contributed by atoms with Crippen LogP contribution in [-0.4, -0.2) is 18.0 Å². The van der Waals surface area contributed by atoms with E-state index in [-0.39, 0.29) is 0 Å². The quantitative estimate of drug-likeness (QED) is 0.638. The van der Waals surface area contributed by atoms with Crippen LogP contribution in [0.1, 0.15) is 78.0 Å². The Balaban J connectivity index is 0. The van der Waals surface area contributed by atoms with E-state index in [0.29, 0.717) is 0 Å². The van der Waals surface area contributed by atoms with Gasteiger partial charge < -0.3 is 0 Å². The van der Waals surface area contributed by atoms with Gasteiger partial charge in [-0.1, -0.05) is 78.6 Å². The van der Waals surface area contributed by atoms with Gasteiger partial charge in [-0.25, -0.2) is 0 Å². The van der Waals surface area contributed by atoms with E-state index in [2.05, 4.69) is 36.9 Å². The zero-order valence-corrected chi connectivity index (χ0v) is 15.9. The molecule has 0 fully saturated rings. The van der Waals surface area contributed by atoms with Gasteiger partial charge in [0.2, 0.25) is 0 Å². The van der Waals surface area contributed by atoms with Gasteiger partial charge in [0.05, 0.1) is 0 Å². The summed E-state index contributed by atoms with van der Waals surface area (Å²) in [5, 5.41) is 0. The van der Waals surface area contributed by atoms with Crippen LogP contribution in [0, 0.1) is 6.92 Å². The van der Waals surface area contributed by atoms with E-state index in [1.807, 2.05) is 41.5 Å². The summed E-state index contributed by atoms with van der Waals surface area (Å²) < 4.78 is 0. The van der Waals surface area contributed by atoms with Crippen molar-refractivity contribution in [3.8, 4) is 0 Å². The summed E-state index contributed by atoms with van der Waals surface area (Å²) >= 11 is 0. The van der Waals surface area contributed by atoms with Crippen LogP contribution in [0.15, 0.2) is 18.2 Å². The molecule has 1 aliphatic heterocycles. The van der Waals surface area contributed by atoms with Gasteiger partial charge in [-0.15, -0.1) is 0 Å². The molecule has 0 saturated carbocycles. The molecule has 0 unspecified atom stereocenters. The molecular weight excluding hydrogens is 254 g/mol. The van der Waals surface area contributed by atoms with Crippen LogP contribution < -0.4 is 0 Å². The first kappa shape index (κ1) is 22.5.